The fraction of sp³-hybridized carbons (Fsp3) is 0.833. The van der Waals surface area contributed by atoms with E-state index in [0.717, 1.165) is 0 Å². The second-order valence-electron chi connectivity index (χ2n) is 5.66. The average molecular weight is 214 g/mol. The number of Topliss-reactive ketones (excluding diaryl/α,β-unsaturated/α-hetero) is 1. The Morgan fingerprint density at radius 1 is 1.00 bits per heavy atom. The van der Waals surface area contributed by atoms with Crippen molar-refractivity contribution in [3.05, 3.63) is 0 Å². The standard InChI is InChI=1S/C12H22O3/c1-8(2)15-10(14)9(13)12(6,7)11(3,4)5/h8H,1-7H3. The van der Waals surface area contributed by atoms with Crippen LogP contribution in [0.15, 0.2) is 0 Å². The van der Waals surface area contributed by atoms with Gasteiger partial charge in [-0.2, -0.15) is 0 Å². The molecule has 0 aromatic carbocycles. The molecule has 0 bridgehead atoms. The van der Waals surface area contributed by atoms with Gasteiger partial charge in [0.2, 0.25) is 5.78 Å². The molecule has 0 aliphatic rings. The average Bonchev–Trinajstić information content (AvgIpc) is 1.99. The van der Waals surface area contributed by atoms with E-state index in [-0.39, 0.29) is 11.5 Å². The summed E-state index contributed by atoms with van der Waals surface area (Å²) in [6.45, 7) is 12.8. The van der Waals surface area contributed by atoms with Crippen LogP contribution in [0.5, 0.6) is 0 Å². The topological polar surface area (TPSA) is 43.4 Å². The van der Waals surface area contributed by atoms with Gasteiger partial charge in [-0.15, -0.1) is 0 Å². The lowest BCUT2D eigenvalue weighted by atomic mass is 9.67. The Hall–Kier alpha value is -0.860. The fourth-order valence-electron chi connectivity index (χ4n) is 0.863. The van der Waals surface area contributed by atoms with Gasteiger partial charge in [-0.05, 0) is 19.3 Å². The zero-order valence-electron chi connectivity index (χ0n) is 10.8. The largest absolute Gasteiger partial charge is 0.457 e. The van der Waals surface area contributed by atoms with Crippen LogP contribution in [0.3, 0.4) is 0 Å². The van der Waals surface area contributed by atoms with Gasteiger partial charge < -0.3 is 4.74 Å². The molecule has 0 aliphatic heterocycles. The van der Waals surface area contributed by atoms with Crippen molar-refractivity contribution in [2.75, 3.05) is 0 Å². The Kier molecular flexibility index (Phi) is 4.08. The third-order valence-electron chi connectivity index (χ3n) is 2.97. The number of rotatable bonds is 3. The van der Waals surface area contributed by atoms with E-state index in [9.17, 15) is 9.59 Å². The van der Waals surface area contributed by atoms with Crippen molar-refractivity contribution in [2.24, 2.45) is 10.8 Å². The first-order valence-electron chi connectivity index (χ1n) is 5.25. The molecule has 0 aromatic heterocycles. The Morgan fingerprint density at radius 2 is 1.40 bits per heavy atom. The van der Waals surface area contributed by atoms with Gasteiger partial charge >= 0.3 is 5.97 Å². The molecule has 0 heterocycles. The molecule has 0 unspecified atom stereocenters. The number of esters is 1. The van der Waals surface area contributed by atoms with Crippen molar-refractivity contribution in [2.45, 2.75) is 54.6 Å². The van der Waals surface area contributed by atoms with E-state index in [1.165, 1.54) is 0 Å². The molecular weight excluding hydrogens is 192 g/mol. The maximum Gasteiger partial charge on any atom is 0.375 e. The molecule has 0 saturated carbocycles. The van der Waals surface area contributed by atoms with E-state index in [0.29, 0.717) is 0 Å². The summed E-state index contributed by atoms with van der Waals surface area (Å²) in [5.74, 6) is -1.19. The smallest absolute Gasteiger partial charge is 0.375 e. The molecule has 0 radical (unpaired) electrons. The minimum atomic E-state index is -0.732. The van der Waals surface area contributed by atoms with Crippen LogP contribution in [-0.4, -0.2) is 17.9 Å². The Balaban J connectivity index is 4.79. The summed E-state index contributed by atoms with van der Waals surface area (Å²) in [7, 11) is 0. The zero-order valence-corrected chi connectivity index (χ0v) is 10.8. The van der Waals surface area contributed by atoms with E-state index >= 15 is 0 Å². The summed E-state index contributed by atoms with van der Waals surface area (Å²) in [6.07, 6.45) is -0.253. The Morgan fingerprint density at radius 3 is 1.67 bits per heavy atom. The van der Waals surface area contributed by atoms with Crippen molar-refractivity contribution in [3.63, 3.8) is 0 Å². The molecule has 88 valence electrons. The molecule has 0 saturated heterocycles. The molecule has 0 N–H and O–H groups in total. The van der Waals surface area contributed by atoms with Gasteiger partial charge in [0.25, 0.3) is 0 Å². The zero-order chi connectivity index (χ0) is 12.4. The summed E-state index contributed by atoms with van der Waals surface area (Å²) in [5, 5.41) is 0. The summed E-state index contributed by atoms with van der Waals surface area (Å²) in [4.78, 5) is 23.3. The lowest BCUT2D eigenvalue weighted by molar-refractivity contribution is -0.163. The maximum atomic E-state index is 11.9. The Bertz CT molecular complexity index is 257. The second-order valence-corrected chi connectivity index (χ2v) is 5.66. The first-order valence-corrected chi connectivity index (χ1v) is 5.25. The van der Waals surface area contributed by atoms with Gasteiger partial charge in [0.15, 0.2) is 0 Å². The molecule has 3 heteroatoms. The number of carbonyl (C=O) groups is 2. The molecule has 0 spiro atoms. The number of hydrogen-bond donors (Lipinski definition) is 0. The third kappa shape index (κ3) is 3.33. The van der Waals surface area contributed by atoms with Gasteiger partial charge in [0.05, 0.1) is 6.10 Å². The Labute approximate surface area is 92.2 Å². The lowest BCUT2D eigenvalue weighted by Gasteiger charge is -2.36. The van der Waals surface area contributed by atoms with Gasteiger partial charge in [0.1, 0.15) is 0 Å². The van der Waals surface area contributed by atoms with Crippen molar-refractivity contribution in [1.29, 1.82) is 0 Å². The van der Waals surface area contributed by atoms with Crippen LogP contribution in [0, 0.1) is 10.8 Å². The van der Waals surface area contributed by atoms with Crippen molar-refractivity contribution in [1.82, 2.24) is 0 Å². The van der Waals surface area contributed by atoms with E-state index < -0.39 is 17.2 Å². The number of ketones is 1. The molecule has 15 heavy (non-hydrogen) atoms. The van der Waals surface area contributed by atoms with Gasteiger partial charge in [-0.1, -0.05) is 34.6 Å². The minimum Gasteiger partial charge on any atom is -0.457 e. The highest BCUT2D eigenvalue weighted by molar-refractivity contribution is 6.35. The van der Waals surface area contributed by atoms with Gasteiger partial charge in [-0.3, -0.25) is 4.79 Å². The highest BCUT2D eigenvalue weighted by atomic mass is 16.5. The molecule has 0 atom stereocenters. The molecule has 0 amide bonds. The first-order chi connectivity index (χ1) is 6.50. The predicted octanol–water partition coefficient (Wildman–Crippen LogP) is 2.58. The van der Waals surface area contributed by atoms with E-state index in [2.05, 4.69) is 0 Å². The summed E-state index contributed by atoms with van der Waals surface area (Å²) >= 11 is 0. The van der Waals surface area contributed by atoms with Crippen LogP contribution in [0.1, 0.15) is 48.5 Å². The first kappa shape index (κ1) is 14.1. The van der Waals surface area contributed by atoms with E-state index in [4.69, 9.17) is 4.74 Å². The number of hydrogen-bond acceptors (Lipinski definition) is 3. The summed E-state index contributed by atoms with van der Waals surface area (Å²) < 4.78 is 4.91. The van der Waals surface area contributed by atoms with Crippen LogP contribution >= 0.6 is 0 Å². The van der Waals surface area contributed by atoms with Crippen LogP contribution in [0.4, 0.5) is 0 Å². The van der Waals surface area contributed by atoms with Gasteiger partial charge in [-0.25, -0.2) is 4.79 Å². The monoisotopic (exact) mass is 214 g/mol. The van der Waals surface area contributed by atoms with Crippen LogP contribution in [0.2, 0.25) is 0 Å². The molecule has 3 nitrogen and oxygen atoms in total. The van der Waals surface area contributed by atoms with Crippen molar-refractivity contribution >= 4 is 11.8 Å². The lowest BCUT2D eigenvalue weighted by Crippen LogP contribution is -2.42. The second kappa shape index (κ2) is 4.33. The van der Waals surface area contributed by atoms with Crippen LogP contribution in [-0.2, 0) is 14.3 Å². The highest BCUT2D eigenvalue weighted by Gasteiger charge is 2.43. The molecule has 0 fully saturated rings. The molecular formula is C12H22O3. The fourth-order valence-corrected chi connectivity index (χ4v) is 0.863. The summed E-state index contributed by atoms with van der Waals surface area (Å²) in [5.41, 5.74) is -0.973. The maximum absolute atomic E-state index is 11.9. The highest BCUT2D eigenvalue weighted by Crippen LogP contribution is 2.38. The third-order valence-corrected chi connectivity index (χ3v) is 2.97. The van der Waals surface area contributed by atoms with E-state index in [1.54, 1.807) is 27.7 Å². The quantitative estimate of drug-likeness (QED) is 0.535. The van der Waals surface area contributed by atoms with Gasteiger partial charge in [0, 0.05) is 5.41 Å². The SMILES string of the molecule is CC(C)OC(=O)C(=O)C(C)(C)C(C)(C)C. The normalized spacial score (nSPS) is 12.8. The van der Waals surface area contributed by atoms with E-state index in [1.807, 2.05) is 20.8 Å². The minimum absolute atomic E-state index is 0.253. The number of carbonyl (C=O) groups excluding carboxylic acids is 2. The van der Waals surface area contributed by atoms with Crippen LogP contribution < -0.4 is 0 Å². The van der Waals surface area contributed by atoms with Crippen molar-refractivity contribution < 1.29 is 14.3 Å². The molecule has 0 rings (SSSR count). The molecule has 0 aromatic rings. The van der Waals surface area contributed by atoms with Crippen LogP contribution in [0.25, 0.3) is 0 Å². The predicted molar refractivity (Wildman–Crippen MR) is 59.5 cm³/mol. The summed E-state index contributed by atoms with van der Waals surface area (Å²) in [6, 6.07) is 0. The molecule has 0 aliphatic carbocycles. The van der Waals surface area contributed by atoms with Crippen molar-refractivity contribution in [3.8, 4) is 0 Å². The number of ether oxygens (including phenoxy) is 1.